The van der Waals surface area contributed by atoms with Gasteiger partial charge in [-0.3, -0.25) is 0 Å². The topological polar surface area (TPSA) is 841 Å². The quantitative estimate of drug-likeness (QED) is 0.0346. The van der Waals surface area contributed by atoms with E-state index in [0.29, 0.717) is 0 Å². The average molecular weight is 1710 g/mol. The van der Waals surface area contributed by atoms with E-state index < -0.39 is 392 Å². The van der Waals surface area contributed by atoms with Gasteiger partial charge in [0.05, 0.1) is 72.7 Å². The molecule has 0 spiro atoms. The maximum Gasteiger partial charge on any atom is 0.187 e. The lowest BCUT2D eigenvalue weighted by Crippen LogP contribution is -2.68. The van der Waals surface area contributed by atoms with Gasteiger partial charge in [-0.05, 0) is 0 Å². The zero-order valence-electron chi connectivity index (χ0n) is 60.7. The molecule has 11 aliphatic heterocycles. The van der Waals surface area contributed by atoms with Crippen molar-refractivity contribution in [1.29, 1.82) is 0 Å². The van der Waals surface area contributed by atoms with E-state index in [1.54, 1.807) is 0 Å². The standard InChI is InChI=1S/C63H106O53/c64-1-15-46(28(77)35(84)53(95)102-15)110-58-40(89)29(78)47(16(2-65)103-58)111-59-41(90)30(79)48(17(3-66)104-59)112-60-42(91)31(80)49(18(4-67)105-60)113-61-43(92)32(81)50(19(5-68)106-61)114-62-44(93)33(82)52(22(108-62)11-101-56-38(87)25(74)14(71)8-98-56)116-63-45(94)34(83)51(21(109-63)10-100-55-37(86)24(73)13(70)7-97-55)115-57-39(88)27(76)26(75)20(107-57)9-99-54-36(85)23(72)12(69)6-96-54/h12-95H,1-11H2/t12-,13-,14-,15-,16-,17-,18-,19-,20-,21-,22-,23+,24+,25+,26-,27+,28-,29-,30-,31-,32-,33-,34-,35-,36-,37-,38-,39-,40-,41-,42-,43-,44-,45-,46-,47-,48-,49-,50-,51-,52-,53?,54-,55-,56-,57+,58+,59+,60+,61+,62+,63+/m1/s1. The van der Waals surface area contributed by atoms with Crippen molar-refractivity contribution in [2.45, 2.75) is 319 Å². The summed E-state index contributed by atoms with van der Waals surface area (Å²) in [6, 6.07) is 0. The molecule has 11 rings (SSSR count). The van der Waals surface area contributed by atoms with Gasteiger partial charge >= 0.3 is 0 Å². The summed E-state index contributed by atoms with van der Waals surface area (Å²) in [5.74, 6) is 0. The van der Waals surface area contributed by atoms with Crippen molar-refractivity contribution in [2.24, 2.45) is 0 Å². The minimum absolute atomic E-state index is 0.526. The fourth-order valence-corrected chi connectivity index (χ4v) is 14.8. The summed E-state index contributed by atoms with van der Waals surface area (Å²) in [6.45, 7) is -10.1. The summed E-state index contributed by atoms with van der Waals surface area (Å²) in [6.07, 6.45) is -106. The van der Waals surface area contributed by atoms with Crippen molar-refractivity contribution in [1.82, 2.24) is 0 Å². The van der Waals surface area contributed by atoms with Gasteiger partial charge in [0.25, 0.3) is 0 Å². The molecular formula is C63H106O53. The zero-order chi connectivity index (χ0) is 84.6. The van der Waals surface area contributed by atoms with Crippen LogP contribution in [0.3, 0.4) is 0 Å². The predicted octanol–water partition coefficient (Wildman–Crippen LogP) is -23.1. The minimum atomic E-state index is -2.46. The third-order valence-corrected chi connectivity index (χ3v) is 21.7. The van der Waals surface area contributed by atoms with E-state index >= 15 is 0 Å². The normalized spacial score (nSPS) is 54.0. The van der Waals surface area contributed by atoms with Crippen LogP contribution in [0.5, 0.6) is 0 Å². The molecule has 11 heterocycles. The van der Waals surface area contributed by atoms with Gasteiger partial charge in [-0.2, -0.15) is 0 Å². The Bertz CT molecular complexity index is 2950. The van der Waals surface area contributed by atoms with Gasteiger partial charge in [0, 0.05) is 0 Å². The molecule has 53 nitrogen and oxygen atoms in total. The van der Waals surface area contributed by atoms with Gasteiger partial charge in [0.2, 0.25) is 0 Å². The van der Waals surface area contributed by atoms with Crippen molar-refractivity contribution >= 4 is 0 Å². The van der Waals surface area contributed by atoms with E-state index in [2.05, 4.69) is 0 Å². The van der Waals surface area contributed by atoms with E-state index in [4.69, 9.17) is 99.5 Å². The van der Waals surface area contributed by atoms with Gasteiger partial charge in [-0.15, -0.1) is 0 Å². The van der Waals surface area contributed by atoms with Crippen LogP contribution in [0.15, 0.2) is 0 Å². The van der Waals surface area contributed by atoms with Crippen molar-refractivity contribution in [3.05, 3.63) is 0 Å². The van der Waals surface area contributed by atoms with Crippen LogP contribution < -0.4 is 0 Å². The number of ether oxygens (including phenoxy) is 21. The lowest BCUT2D eigenvalue weighted by molar-refractivity contribution is -0.401. The molecule has 0 amide bonds. The van der Waals surface area contributed by atoms with Gasteiger partial charge in [-0.25, -0.2) is 0 Å². The third-order valence-electron chi connectivity index (χ3n) is 21.7. The van der Waals surface area contributed by atoms with Crippen molar-refractivity contribution in [3.8, 4) is 0 Å². The summed E-state index contributed by atoms with van der Waals surface area (Å²) < 4.78 is 119. The summed E-state index contributed by atoms with van der Waals surface area (Å²) in [4.78, 5) is 0. The smallest absolute Gasteiger partial charge is 0.187 e. The van der Waals surface area contributed by atoms with E-state index in [9.17, 15) is 163 Å². The van der Waals surface area contributed by atoms with Crippen LogP contribution in [0.2, 0.25) is 0 Å². The first-order chi connectivity index (χ1) is 55.0. The first-order valence-corrected chi connectivity index (χ1v) is 36.9. The predicted molar refractivity (Wildman–Crippen MR) is 344 cm³/mol. The molecule has 0 aromatic heterocycles. The first-order valence-electron chi connectivity index (χ1n) is 36.9. The second kappa shape index (κ2) is 40.9. The van der Waals surface area contributed by atoms with E-state index in [-0.39, 0.29) is 0 Å². The van der Waals surface area contributed by atoms with E-state index in [1.165, 1.54) is 0 Å². The van der Waals surface area contributed by atoms with Crippen LogP contribution in [-0.4, -0.2) is 556 Å². The molecule has 52 atom stereocenters. The SMILES string of the molecule is OC[C@H]1O[C@@H](O[C@H]2[C@H](O)[C@@H](O)[C@H](O[C@H]3[C@H](O)[C@@H](O)[C@H](O[C@H]4[C@H](O)[C@@H](O)[C@H](O[C@H]5[C@H](O)[C@@H](O)C(O)O[C@@H]5CO)O[C@@H]4CO)O[C@@H]3CO)O[C@@H]2CO)[C@H](O)[C@@H](O)[C@@H]1O[C@@H]1O[C@H](CO[C@H]2OC[C@@H](O)[C@H](O)[C@H]2O)[C@@H](O[C@@H]2O[C@H](CO[C@H]3OC[C@@H](O)[C@H](O)[C@H]3O)[C@@H](O[C@@H]3O[C@H](CO[C@H]4OC[C@@H](O)[C@H](O)[C@H]4O)[C@@H](O)[C@H](O)[C@H]3O)[C@H](O)[C@H]2O)[C@H](O)[C@H]1O. The summed E-state index contributed by atoms with van der Waals surface area (Å²) in [7, 11) is 0. The Balaban J connectivity index is 0.744. The molecule has 0 radical (unpaired) electrons. The van der Waals surface area contributed by atoms with Crippen molar-refractivity contribution < 1.29 is 263 Å². The Morgan fingerprint density at radius 2 is 0.371 bits per heavy atom. The molecule has 0 aromatic carbocycles. The molecule has 0 bridgehead atoms. The Morgan fingerprint density at radius 1 is 0.181 bits per heavy atom. The molecule has 116 heavy (non-hydrogen) atoms. The molecule has 676 valence electrons. The van der Waals surface area contributed by atoms with Crippen LogP contribution in [0.4, 0.5) is 0 Å². The fraction of sp³-hybridized carbons (Fsp3) is 1.00. The molecule has 11 saturated heterocycles. The molecule has 11 fully saturated rings. The second-order valence-corrected chi connectivity index (χ2v) is 29.6. The van der Waals surface area contributed by atoms with Crippen molar-refractivity contribution in [2.75, 3.05) is 72.7 Å². The average Bonchev–Trinajstić information content (AvgIpc) is 0.770. The molecule has 0 saturated carbocycles. The van der Waals surface area contributed by atoms with E-state index in [1.807, 2.05) is 0 Å². The highest BCUT2D eigenvalue weighted by Gasteiger charge is 2.61. The fourth-order valence-electron chi connectivity index (χ4n) is 14.8. The minimum Gasteiger partial charge on any atom is -0.394 e. The number of aliphatic hydroxyl groups is 32. The lowest BCUT2D eigenvalue weighted by atomic mass is 9.95. The van der Waals surface area contributed by atoms with Gasteiger partial charge in [0.1, 0.15) is 250 Å². The summed E-state index contributed by atoms with van der Waals surface area (Å²) in [5.41, 5.74) is 0. The largest absolute Gasteiger partial charge is 0.394 e. The maximum absolute atomic E-state index is 12.1. The zero-order valence-corrected chi connectivity index (χ0v) is 60.7. The highest BCUT2D eigenvalue weighted by Crippen LogP contribution is 2.40. The Hall–Kier alpha value is -2.12. The monoisotopic (exact) mass is 1710 g/mol. The van der Waals surface area contributed by atoms with Crippen molar-refractivity contribution in [3.63, 3.8) is 0 Å². The van der Waals surface area contributed by atoms with Gasteiger partial charge < -0.3 is 263 Å². The van der Waals surface area contributed by atoms with Crippen LogP contribution in [-0.2, 0) is 99.5 Å². The molecule has 11 aliphatic rings. The lowest BCUT2D eigenvalue weighted by Gasteiger charge is -2.50. The van der Waals surface area contributed by atoms with Crippen LogP contribution in [0, 0.1) is 0 Å². The first kappa shape index (κ1) is 94.6. The highest BCUT2D eigenvalue weighted by atomic mass is 16.8. The van der Waals surface area contributed by atoms with Crippen LogP contribution in [0.25, 0.3) is 0 Å². The maximum atomic E-state index is 12.1. The Kier molecular flexibility index (Phi) is 33.3. The Labute approximate surface area is 653 Å². The molecule has 0 aromatic rings. The number of hydrogen-bond acceptors (Lipinski definition) is 53. The molecule has 53 heteroatoms. The number of aliphatic hydroxyl groups excluding tert-OH is 32. The molecule has 0 aliphatic carbocycles. The second-order valence-electron chi connectivity index (χ2n) is 29.6. The van der Waals surface area contributed by atoms with Gasteiger partial charge in [0.15, 0.2) is 69.2 Å². The number of rotatable bonds is 28. The molecule has 32 N–H and O–H groups in total. The Morgan fingerprint density at radius 3 is 0.621 bits per heavy atom. The van der Waals surface area contributed by atoms with Crippen LogP contribution in [0.1, 0.15) is 0 Å². The summed E-state index contributed by atoms with van der Waals surface area (Å²) in [5, 5.41) is 348. The van der Waals surface area contributed by atoms with Crippen LogP contribution >= 0.6 is 0 Å². The van der Waals surface area contributed by atoms with E-state index in [0.717, 1.165) is 0 Å². The highest BCUT2D eigenvalue weighted by molar-refractivity contribution is 5.03. The molecular weight excluding hydrogens is 1600 g/mol. The summed E-state index contributed by atoms with van der Waals surface area (Å²) >= 11 is 0. The molecule has 1 unspecified atom stereocenters. The third kappa shape index (κ3) is 20.1. The number of hydrogen-bond donors (Lipinski definition) is 32. The van der Waals surface area contributed by atoms with Gasteiger partial charge in [-0.1, -0.05) is 0 Å².